The molecule has 4 N–H and O–H groups in total. The quantitative estimate of drug-likeness (QED) is 0.244. The number of para-hydroxylation sites is 1. The maximum absolute atomic E-state index is 9.64. The molecule has 0 aromatic heterocycles. The summed E-state index contributed by atoms with van der Waals surface area (Å²) in [6.07, 6.45) is 0.677. The summed E-state index contributed by atoms with van der Waals surface area (Å²) in [7, 11) is 1.52. The summed E-state index contributed by atoms with van der Waals surface area (Å²) in [6, 6.07) is 22.3. The molecule has 6 nitrogen and oxygen atoms in total. The Morgan fingerprint density at radius 1 is 1.00 bits per heavy atom. The molecule has 29 heavy (non-hydrogen) atoms. The average Bonchev–Trinajstić information content (AvgIpc) is 2.70. The molecule has 7 heteroatoms. The zero-order valence-electron chi connectivity index (χ0n) is 16.0. The minimum atomic E-state index is 0. The van der Waals surface area contributed by atoms with Crippen LogP contribution >= 0.6 is 24.0 Å². The molecule has 0 saturated carbocycles. The fourth-order valence-corrected chi connectivity index (χ4v) is 2.63. The fourth-order valence-electron chi connectivity index (χ4n) is 2.63. The number of nitrogens with zero attached hydrogens (tertiary/aromatic N) is 1. The zero-order chi connectivity index (χ0) is 19.8. The second-order valence-electron chi connectivity index (χ2n) is 6.09. The lowest BCUT2D eigenvalue weighted by molar-refractivity contribution is 0.373. The Kier molecular flexibility index (Phi) is 8.60. The summed E-state index contributed by atoms with van der Waals surface area (Å²) in [5.74, 6) is 2.37. The molecule has 0 saturated heterocycles. The van der Waals surface area contributed by atoms with Gasteiger partial charge >= 0.3 is 0 Å². The average molecular weight is 505 g/mol. The molecule has 0 aliphatic rings. The van der Waals surface area contributed by atoms with E-state index in [4.69, 9.17) is 15.2 Å². The van der Waals surface area contributed by atoms with Crippen molar-refractivity contribution in [2.75, 3.05) is 19.0 Å². The van der Waals surface area contributed by atoms with E-state index >= 15 is 0 Å². The third kappa shape index (κ3) is 6.86. The molecule has 0 atom stereocenters. The highest BCUT2D eigenvalue weighted by Crippen LogP contribution is 2.26. The number of aromatic hydroxyl groups is 1. The first-order valence-electron chi connectivity index (χ1n) is 8.90. The smallest absolute Gasteiger partial charge is 0.193 e. The van der Waals surface area contributed by atoms with E-state index < -0.39 is 0 Å². The van der Waals surface area contributed by atoms with Gasteiger partial charge in [-0.1, -0.05) is 30.3 Å². The minimum absolute atomic E-state index is 0. The Morgan fingerprint density at radius 2 is 1.76 bits per heavy atom. The van der Waals surface area contributed by atoms with Gasteiger partial charge in [-0.15, -0.1) is 24.0 Å². The number of rotatable bonds is 7. The maximum Gasteiger partial charge on any atom is 0.193 e. The van der Waals surface area contributed by atoms with Crippen LogP contribution in [-0.4, -0.2) is 24.7 Å². The first-order valence-corrected chi connectivity index (χ1v) is 8.90. The van der Waals surface area contributed by atoms with Crippen molar-refractivity contribution in [1.82, 2.24) is 0 Å². The van der Waals surface area contributed by atoms with Gasteiger partial charge in [0.25, 0.3) is 0 Å². The molecule has 0 bridgehead atoms. The topological polar surface area (TPSA) is 89.1 Å². The van der Waals surface area contributed by atoms with Crippen LogP contribution in [0.15, 0.2) is 77.8 Å². The van der Waals surface area contributed by atoms with Crippen molar-refractivity contribution in [3.05, 3.63) is 78.4 Å². The largest absolute Gasteiger partial charge is 0.504 e. The molecule has 0 radical (unpaired) electrons. The number of ether oxygens (including phenoxy) is 2. The summed E-state index contributed by atoms with van der Waals surface area (Å²) in [6.45, 7) is 0.507. The van der Waals surface area contributed by atoms with Gasteiger partial charge in [-0.25, -0.2) is 0 Å². The van der Waals surface area contributed by atoms with Crippen LogP contribution in [0.4, 0.5) is 5.69 Å². The van der Waals surface area contributed by atoms with Gasteiger partial charge in [-0.05, 0) is 48.4 Å². The van der Waals surface area contributed by atoms with Gasteiger partial charge in [0.05, 0.1) is 7.11 Å². The molecular weight excluding hydrogens is 481 g/mol. The van der Waals surface area contributed by atoms with Crippen molar-refractivity contribution in [2.24, 2.45) is 10.7 Å². The van der Waals surface area contributed by atoms with Crippen LogP contribution in [0.25, 0.3) is 0 Å². The first kappa shape index (κ1) is 22.4. The van der Waals surface area contributed by atoms with Gasteiger partial charge in [-0.3, -0.25) is 4.99 Å². The monoisotopic (exact) mass is 505 g/mol. The number of phenols is 1. The van der Waals surface area contributed by atoms with Crippen molar-refractivity contribution < 1.29 is 14.6 Å². The molecule has 3 aromatic rings. The van der Waals surface area contributed by atoms with Crippen molar-refractivity contribution in [2.45, 2.75) is 6.42 Å². The van der Waals surface area contributed by atoms with E-state index in [2.05, 4.69) is 10.3 Å². The lowest BCUT2D eigenvalue weighted by Gasteiger charge is -2.09. The van der Waals surface area contributed by atoms with E-state index in [0.29, 0.717) is 30.4 Å². The van der Waals surface area contributed by atoms with Crippen molar-refractivity contribution in [3.8, 4) is 23.0 Å². The Morgan fingerprint density at radius 3 is 2.52 bits per heavy atom. The first-order chi connectivity index (χ1) is 13.6. The van der Waals surface area contributed by atoms with E-state index in [0.717, 1.165) is 17.0 Å². The Labute approximate surface area is 187 Å². The molecule has 0 aliphatic carbocycles. The molecule has 0 heterocycles. The normalized spacial score (nSPS) is 10.7. The number of phenolic OH excluding ortho intramolecular Hbond substituents is 1. The summed E-state index contributed by atoms with van der Waals surface area (Å²) < 4.78 is 10.9. The van der Waals surface area contributed by atoms with Crippen LogP contribution in [0.5, 0.6) is 23.0 Å². The van der Waals surface area contributed by atoms with E-state index in [1.54, 1.807) is 12.1 Å². The van der Waals surface area contributed by atoms with Gasteiger partial charge < -0.3 is 25.6 Å². The molecule has 3 aromatic carbocycles. The predicted molar refractivity (Wildman–Crippen MR) is 127 cm³/mol. The van der Waals surface area contributed by atoms with Crippen molar-refractivity contribution in [3.63, 3.8) is 0 Å². The van der Waals surface area contributed by atoms with Crippen LogP contribution in [0.3, 0.4) is 0 Å². The summed E-state index contributed by atoms with van der Waals surface area (Å²) in [5, 5.41) is 12.7. The Hall–Kier alpha value is -2.94. The molecule has 152 valence electrons. The van der Waals surface area contributed by atoms with Gasteiger partial charge in [0, 0.05) is 18.3 Å². The fraction of sp³-hybridized carbons (Fsp3) is 0.136. The van der Waals surface area contributed by atoms with Crippen molar-refractivity contribution >= 4 is 35.6 Å². The Bertz CT molecular complexity index is 949. The molecule has 0 fully saturated rings. The number of nitrogens with one attached hydrogen (secondary N) is 1. The molecule has 0 spiro atoms. The lowest BCUT2D eigenvalue weighted by Crippen LogP contribution is -2.23. The number of aliphatic imine (C=N–C) groups is 1. The second-order valence-corrected chi connectivity index (χ2v) is 6.09. The summed E-state index contributed by atoms with van der Waals surface area (Å²) in [4.78, 5) is 4.35. The number of halogens is 1. The summed E-state index contributed by atoms with van der Waals surface area (Å²) in [5.41, 5.74) is 7.78. The van der Waals surface area contributed by atoms with Crippen LogP contribution in [-0.2, 0) is 6.42 Å². The maximum atomic E-state index is 9.64. The van der Waals surface area contributed by atoms with Crippen LogP contribution in [0, 0.1) is 0 Å². The standard InChI is InChI=1S/C22H23N3O3.HI/c1-27-21-14-16(10-11-20(21)26)12-13-24-22(23)25-17-6-5-9-19(15-17)28-18-7-3-2-4-8-18;/h2-11,14-15,26H,12-13H2,1H3,(H3,23,24,25);1H. The number of nitrogens with two attached hydrogens (primary N) is 1. The van der Waals surface area contributed by atoms with Gasteiger partial charge in [-0.2, -0.15) is 0 Å². The van der Waals surface area contributed by atoms with Crippen LogP contribution in [0.1, 0.15) is 5.56 Å². The highest BCUT2D eigenvalue weighted by Gasteiger charge is 2.03. The molecule has 0 aliphatic heterocycles. The molecule has 3 rings (SSSR count). The zero-order valence-corrected chi connectivity index (χ0v) is 18.4. The van der Waals surface area contributed by atoms with E-state index in [1.165, 1.54) is 7.11 Å². The number of hydrogen-bond acceptors (Lipinski definition) is 4. The van der Waals surface area contributed by atoms with E-state index in [9.17, 15) is 5.11 Å². The molecular formula is C22H24IN3O3. The van der Waals surface area contributed by atoms with Gasteiger partial charge in [0.1, 0.15) is 11.5 Å². The summed E-state index contributed by atoms with van der Waals surface area (Å²) >= 11 is 0. The third-order valence-electron chi connectivity index (χ3n) is 4.01. The third-order valence-corrected chi connectivity index (χ3v) is 4.01. The number of guanidine groups is 1. The van der Waals surface area contributed by atoms with E-state index in [-0.39, 0.29) is 29.7 Å². The van der Waals surface area contributed by atoms with Gasteiger partial charge in [0.15, 0.2) is 17.5 Å². The molecule has 0 unspecified atom stereocenters. The highest BCUT2D eigenvalue weighted by atomic mass is 127. The predicted octanol–water partition coefficient (Wildman–Crippen LogP) is 4.78. The number of anilines is 1. The number of hydrogen-bond donors (Lipinski definition) is 3. The second kappa shape index (κ2) is 11.2. The Balaban J connectivity index is 0.00000300. The SMILES string of the molecule is COc1cc(CCN=C(N)Nc2cccc(Oc3ccccc3)c2)ccc1O.I. The lowest BCUT2D eigenvalue weighted by atomic mass is 10.1. The highest BCUT2D eigenvalue weighted by molar-refractivity contribution is 14.0. The minimum Gasteiger partial charge on any atom is -0.504 e. The van der Waals surface area contributed by atoms with Crippen molar-refractivity contribution in [1.29, 1.82) is 0 Å². The van der Waals surface area contributed by atoms with Gasteiger partial charge in [0.2, 0.25) is 0 Å². The van der Waals surface area contributed by atoms with Crippen LogP contribution in [0.2, 0.25) is 0 Å². The number of methoxy groups -OCH3 is 1. The van der Waals surface area contributed by atoms with E-state index in [1.807, 2.05) is 60.7 Å². The molecule has 0 amide bonds. The van der Waals surface area contributed by atoms with Crippen LogP contribution < -0.4 is 20.5 Å². The number of benzene rings is 3.